The monoisotopic (exact) mass is 503 g/mol. The molecule has 2 saturated heterocycles. The number of anilines is 2. The van der Waals surface area contributed by atoms with Crippen LogP contribution in [0.25, 0.3) is 0 Å². The van der Waals surface area contributed by atoms with Crippen LogP contribution in [0.5, 0.6) is 0 Å². The minimum atomic E-state index is 0.116. The van der Waals surface area contributed by atoms with E-state index in [1.165, 1.54) is 24.6 Å². The van der Waals surface area contributed by atoms with E-state index < -0.39 is 0 Å². The topological polar surface area (TPSA) is 77.2 Å². The van der Waals surface area contributed by atoms with Crippen molar-refractivity contribution in [2.75, 3.05) is 30.3 Å². The normalized spacial score (nSPS) is 19.2. The molecule has 26 heavy (non-hydrogen) atoms. The van der Waals surface area contributed by atoms with E-state index >= 15 is 0 Å². The molecule has 0 aliphatic carbocycles. The molecular weight excluding hydrogens is 485 g/mol. The molecule has 1 spiro atoms. The lowest BCUT2D eigenvalue weighted by Crippen LogP contribution is -2.44. The summed E-state index contributed by atoms with van der Waals surface area (Å²) in [5.41, 5.74) is 5.89. The van der Waals surface area contributed by atoms with Gasteiger partial charge in [-0.05, 0) is 54.3 Å². The van der Waals surface area contributed by atoms with Gasteiger partial charge in [0.1, 0.15) is 20.4 Å². The maximum Gasteiger partial charge on any atom is 0.148 e. The Kier molecular flexibility index (Phi) is 5.45. The molecule has 9 heteroatoms. The standard InChI is InChI=1S/C17H19ClIN5OS/c18-13-11(2-6-21-15(13)20)26-16-14(19)23-12(10-22-16)24-7-4-17(5-8-24)3-1-9-25-17/h2,6,10H,1,3-5,7-9H2,(H2,20,21). The van der Waals surface area contributed by atoms with Crippen LogP contribution in [0.2, 0.25) is 5.02 Å². The van der Waals surface area contributed by atoms with E-state index in [1.54, 1.807) is 6.20 Å². The molecule has 0 atom stereocenters. The molecule has 2 fully saturated rings. The van der Waals surface area contributed by atoms with E-state index in [1.807, 2.05) is 12.3 Å². The molecule has 2 aromatic heterocycles. The highest BCUT2D eigenvalue weighted by Crippen LogP contribution is 2.38. The number of pyridine rings is 1. The lowest BCUT2D eigenvalue weighted by Gasteiger charge is -2.39. The Balaban J connectivity index is 1.47. The molecule has 2 aliphatic rings. The number of ether oxygens (including phenoxy) is 1. The van der Waals surface area contributed by atoms with Crippen LogP contribution < -0.4 is 10.6 Å². The summed E-state index contributed by atoms with van der Waals surface area (Å²) in [6, 6.07) is 1.83. The zero-order valence-corrected chi connectivity index (χ0v) is 17.9. The predicted octanol–water partition coefficient (Wildman–Crippen LogP) is 4.01. The van der Waals surface area contributed by atoms with Gasteiger partial charge < -0.3 is 15.4 Å². The van der Waals surface area contributed by atoms with E-state index in [9.17, 15) is 0 Å². The van der Waals surface area contributed by atoms with Gasteiger partial charge in [-0.3, -0.25) is 0 Å². The quantitative estimate of drug-likeness (QED) is 0.634. The Hall–Kier alpha value is -0.840. The second-order valence-electron chi connectivity index (χ2n) is 6.56. The first-order valence-corrected chi connectivity index (χ1v) is 10.8. The van der Waals surface area contributed by atoms with Gasteiger partial charge in [0.25, 0.3) is 0 Å². The number of halogens is 2. The van der Waals surface area contributed by atoms with Crippen LogP contribution in [0.15, 0.2) is 28.4 Å². The Morgan fingerprint density at radius 3 is 2.77 bits per heavy atom. The second-order valence-corrected chi connectivity index (χ2v) is 8.99. The number of piperidine rings is 1. The zero-order valence-electron chi connectivity index (χ0n) is 14.1. The molecule has 6 nitrogen and oxygen atoms in total. The highest BCUT2D eigenvalue weighted by Gasteiger charge is 2.38. The van der Waals surface area contributed by atoms with Gasteiger partial charge in [-0.25, -0.2) is 15.0 Å². The van der Waals surface area contributed by atoms with Gasteiger partial charge in [0.05, 0.1) is 16.8 Å². The Morgan fingerprint density at radius 2 is 2.08 bits per heavy atom. The van der Waals surface area contributed by atoms with E-state index in [4.69, 9.17) is 27.1 Å². The van der Waals surface area contributed by atoms with Gasteiger partial charge in [0.2, 0.25) is 0 Å². The van der Waals surface area contributed by atoms with Gasteiger partial charge in [0, 0.05) is 30.8 Å². The fourth-order valence-corrected chi connectivity index (χ4v) is 5.20. The summed E-state index contributed by atoms with van der Waals surface area (Å²) < 4.78 is 6.86. The van der Waals surface area contributed by atoms with Crippen molar-refractivity contribution in [1.29, 1.82) is 0 Å². The molecule has 0 saturated carbocycles. The van der Waals surface area contributed by atoms with Crippen molar-refractivity contribution in [2.24, 2.45) is 0 Å². The Labute approximate surface area is 175 Å². The summed E-state index contributed by atoms with van der Waals surface area (Å²) in [6.07, 6.45) is 7.99. The molecule has 0 radical (unpaired) electrons. The number of nitrogens with two attached hydrogens (primary N) is 1. The SMILES string of the molecule is Nc1nccc(Sc2ncc(N3CCC4(CCCO4)CC3)nc2I)c1Cl. The van der Waals surface area contributed by atoms with Gasteiger partial charge in [0.15, 0.2) is 0 Å². The summed E-state index contributed by atoms with van der Waals surface area (Å²) in [7, 11) is 0. The van der Waals surface area contributed by atoms with E-state index in [0.29, 0.717) is 10.8 Å². The van der Waals surface area contributed by atoms with E-state index in [-0.39, 0.29) is 5.60 Å². The molecule has 2 aromatic rings. The average molecular weight is 504 g/mol. The van der Waals surface area contributed by atoms with Crippen LogP contribution >= 0.6 is 46.0 Å². The molecule has 4 heterocycles. The number of rotatable bonds is 3. The highest BCUT2D eigenvalue weighted by molar-refractivity contribution is 14.1. The number of nitrogens with zero attached hydrogens (tertiary/aromatic N) is 4. The largest absolute Gasteiger partial charge is 0.382 e. The maximum atomic E-state index is 6.23. The number of hydrogen-bond acceptors (Lipinski definition) is 7. The first-order valence-electron chi connectivity index (χ1n) is 8.56. The first kappa shape index (κ1) is 18.5. The van der Waals surface area contributed by atoms with Crippen molar-refractivity contribution in [3.63, 3.8) is 0 Å². The fourth-order valence-electron chi connectivity index (χ4n) is 3.48. The molecule has 2 N–H and O–H groups in total. The number of nitrogen functional groups attached to an aromatic ring is 1. The summed E-state index contributed by atoms with van der Waals surface area (Å²) in [6.45, 7) is 2.83. The molecule has 0 amide bonds. The molecule has 138 valence electrons. The second kappa shape index (κ2) is 7.65. The first-order chi connectivity index (χ1) is 12.6. The smallest absolute Gasteiger partial charge is 0.148 e. The third kappa shape index (κ3) is 3.74. The molecule has 2 aliphatic heterocycles. The zero-order chi connectivity index (χ0) is 18.1. The molecule has 0 aromatic carbocycles. The minimum absolute atomic E-state index is 0.116. The van der Waals surface area contributed by atoms with Gasteiger partial charge in [-0.15, -0.1) is 0 Å². The highest BCUT2D eigenvalue weighted by atomic mass is 127. The molecule has 0 bridgehead atoms. The van der Waals surface area contributed by atoms with Gasteiger partial charge in [-0.1, -0.05) is 23.4 Å². The van der Waals surface area contributed by atoms with Crippen LogP contribution in [0.4, 0.5) is 11.6 Å². The molecule has 4 rings (SSSR count). The van der Waals surface area contributed by atoms with Crippen molar-refractivity contribution in [3.8, 4) is 0 Å². The lowest BCUT2D eigenvalue weighted by atomic mass is 9.89. The Morgan fingerprint density at radius 1 is 1.27 bits per heavy atom. The Bertz CT molecular complexity index is 808. The maximum absolute atomic E-state index is 6.23. The minimum Gasteiger partial charge on any atom is -0.382 e. The summed E-state index contributed by atoms with van der Waals surface area (Å²) >= 11 is 9.91. The third-order valence-corrected chi connectivity index (χ3v) is 7.64. The van der Waals surface area contributed by atoms with Gasteiger partial charge >= 0.3 is 0 Å². The predicted molar refractivity (Wildman–Crippen MR) is 112 cm³/mol. The van der Waals surface area contributed by atoms with E-state index in [0.717, 1.165) is 52.0 Å². The number of aromatic nitrogens is 3. The summed E-state index contributed by atoms with van der Waals surface area (Å²) in [4.78, 5) is 16.5. The van der Waals surface area contributed by atoms with Crippen LogP contribution in [-0.4, -0.2) is 40.2 Å². The summed E-state index contributed by atoms with van der Waals surface area (Å²) in [5.74, 6) is 1.25. The fraction of sp³-hybridized carbons (Fsp3) is 0.471. The number of hydrogen-bond donors (Lipinski definition) is 1. The van der Waals surface area contributed by atoms with Crippen molar-refractivity contribution >= 4 is 57.6 Å². The van der Waals surface area contributed by atoms with Crippen molar-refractivity contribution in [2.45, 2.75) is 41.2 Å². The average Bonchev–Trinajstić information content (AvgIpc) is 3.09. The molecule has 0 unspecified atom stereocenters. The van der Waals surface area contributed by atoms with Crippen LogP contribution in [0.3, 0.4) is 0 Å². The van der Waals surface area contributed by atoms with Crippen molar-refractivity contribution in [3.05, 3.63) is 27.2 Å². The van der Waals surface area contributed by atoms with Crippen molar-refractivity contribution < 1.29 is 4.74 Å². The van der Waals surface area contributed by atoms with Crippen LogP contribution in [0.1, 0.15) is 25.7 Å². The van der Waals surface area contributed by atoms with Gasteiger partial charge in [-0.2, -0.15) is 0 Å². The van der Waals surface area contributed by atoms with E-state index in [2.05, 4.69) is 37.5 Å². The van der Waals surface area contributed by atoms with Crippen LogP contribution in [0, 0.1) is 3.70 Å². The summed E-state index contributed by atoms with van der Waals surface area (Å²) in [5, 5.41) is 1.27. The lowest BCUT2D eigenvalue weighted by molar-refractivity contribution is -0.0147. The molecular formula is C17H19ClIN5OS. The van der Waals surface area contributed by atoms with Crippen molar-refractivity contribution in [1.82, 2.24) is 15.0 Å². The third-order valence-electron chi connectivity index (χ3n) is 4.96. The van der Waals surface area contributed by atoms with Crippen LogP contribution in [-0.2, 0) is 4.74 Å².